The van der Waals surface area contributed by atoms with Gasteiger partial charge < -0.3 is 9.88 Å². The molecule has 5 heteroatoms. The maximum absolute atomic E-state index is 14.1. The van der Waals surface area contributed by atoms with Crippen LogP contribution in [-0.4, -0.2) is 15.7 Å². The summed E-state index contributed by atoms with van der Waals surface area (Å²) in [5.41, 5.74) is 6.16. The van der Waals surface area contributed by atoms with Crippen LogP contribution in [0.1, 0.15) is 69.4 Å². The van der Waals surface area contributed by atoms with E-state index in [1.165, 1.54) is 12.1 Å². The van der Waals surface area contributed by atoms with E-state index in [1.807, 2.05) is 72.8 Å². The molecule has 3 aromatic carbocycles. The van der Waals surface area contributed by atoms with Gasteiger partial charge in [-0.25, -0.2) is 4.39 Å². The SMILES string of the molecule is CC(C)c1c(C(=O)Nc2ccccc2)c(-c2ccccc2)c(-c2ccc(F)cc2)n1CC[C@@H](S)CC(C)(C)C. The first-order valence-electron chi connectivity index (χ1n) is 13.7. The van der Waals surface area contributed by atoms with Gasteiger partial charge in [-0.3, -0.25) is 4.79 Å². The van der Waals surface area contributed by atoms with Crippen LogP contribution in [0, 0.1) is 11.2 Å². The number of carbonyl (C=O) groups excluding carboxylic acids is 1. The number of anilines is 1. The zero-order chi connectivity index (χ0) is 28.2. The van der Waals surface area contributed by atoms with Crippen LogP contribution < -0.4 is 5.32 Å². The molecular formula is C34H39FN2OS. The van der Waals surface area contributed by atoms with E-state index in [0.29, 0.717) is 12.1 Å². The van der Waals surface area contributed by atoms with Gasteiger partial charge in [-0.1, -0.05) is 83.1 Å². The van der Waals surface area contributed by atoms with Gasteiger partial charge in [-0.15, -0.1) is 0 Å². The molecule has 0 aliphatic carbocycles. The highest BCUT2D eigenvalue weighted by Gasteiger charge is 2.31. The highest BCUT2D eigenvalue weighted by atomic mass is 32.1. The van der Waals surface area contributed by atoms with Gasteiger partial charge in [0.1, 0.15) is 5.82 Å². The Balaban J connectivity index is 1.96. The number of nitrogens with zero attached hydrogens (tertiary/aromatic N) is 1. The Labute approximate surface area is 237 Å². The maximum Gasteiger partial charge on any atom is 0.258 e. The predicted octanol–water partition coefficient (Wildman–Crippen LogP) is 9.46. The van der Waals surface area contributed by atoms with Crippen LogP contribution in [0.15, 0.2) is 84.9 Å². The summed E-state index contributed by atoms with van der Waals surface area (Å²) in [7, 11) is 0. The second-order valence-electron chi connectivity index (χ2n) is 11.7. The number of benzene rings is 3. The van der Waals surface area contributed by atoms with Crippen LogP contribution in [-0.2, 0) is 6.54 Å². The smallest absolute Gasteiger partial charge is 0.258 e. The van der Waals surface area contributed by atoms with Gasteiger partial charge in [0.25, 0.3) is 5.91 Å². The average molecular weight is 543 g/mol. The van der Waals surface area contributed by atoms with E-state index in [1.54, 1.807) is 0 Å². The maximum atomic E-state index is 14.1. The van der Waals surface area contributed by atoms with Crippen molar-refractivity contribution in [2.24, 2.45) is 5.41 Å². The van der Waals surface area contributed by atoms with Crippen LogP contribution in [0.4, 0.5) is 10.1 Å². The summed E-state index contributed by atoms with van der Waals surface area (Å²) in [5.74, 6) is -0.369. The van der Waals surface area contributed by atoms with E-state index in [4.69, 9.17) is 12.6 Å². The molecule has 4 aromatic rings. The van der Waals surface area contributed by atoms with Crippen molar-refractivity contribution in [1.82, 2.24) is 4.57 Å². The van der Waals surface area contributed by atoms with Crippen molar-refractivity contribution in [2.75, 3.05) is 5.32 Å². The Kier molecular flexibility index (Phi) is 9.01. The van der Waals surface area contributed by atoms with Crippen LogP contribution in [0.2, 0.25) is 0 Å². The Bertz CT molecular complexity index is 1390. The highest BCUT2D eigenvalue weighted by Crippen LogP contribution is 2.43. The van der Waals surface area contributed by atoms with E-state index in [0.717, 1.165) is 46.6 Å². The average Bonchev–Trinajstić information content (AvgIpc) is 3.23. The van der Waals surface area contributed by atoms with Gasteiger partial charge in [0.2, 0.25) is 0 Å². The Morgan fingerprint density at radius 3 is 2.05 bits per heavy atom. The van der Waals surface area contributed by atoms with E-state index in [9.17, 15) is 9.18 Å². The Morgan fingerprint density at radius 2 is 1.49 bits per heavy atom. The minimum absolute atomic E-state index is 0.0687. The molecule has 0 spiro atoms. The zero-order valence-corrected chi connectivity index (χ0v) is 24.4. The van der Waals surface area contributed by atoms with Crippen molar-refractivity contribution < 1.29 is 9.18 Å². The lowest BCUT2D eigenvalue weighted by atomic mass is 9.89. The van der Waals surface area contributed by atoms with Crippen molar-refractivity contribution >= 4 is 24.2 Å². The molecule has 0 aliphatic heterocycles. The van der Waals surface area contributed by atoms with Crippen LogP contribution in [0.25, 0.3) is 22.4 Å². The van der Waals surface area contributed by atoms with E-state index in [2.05, 4.69) is 44.5 Å². The lowest BCUT2D eigenvalue weighted by Gasteiger charge is -2.24. The number of thiol groups is 1. The van der Waals surface area contributed by atoms with Crippen molar-refractivity contribution in [3.8, 4) is 22.4 Å². The quantitative estimate of drug-likeness (QED) is 0.203. The van der Waals surface area contributed by atoms with E-state index < -0.39 is 0 Å². The first-order chi connectivity index (χ1) is 18.5. The summed E-state index contributed by atoms with van der Waals surface area (Å²) in [4.78, 5) is 14.1. The van der Waals surface area contributed by atoms with Crippen molar-refractivity contribution in [3.05, 3.63) is 102 Å². The van der Waals surface area contributed by atoms with Gasteiger partial charge in [-0.2, -0.15) is 12.6 Å². The molecule has 0 unspecified atom stereocenters. The lowest BCUT2D eigenvalue weighted by molar-refractivity contribution is 0.102. The molecule has 3 nitrogen and oxygen atoms in total. The number of para-hydroxylation sites is 1. The summed E-state index contributed by atoms with van der Waals surface area (Å²) in [6, 6.07) is 26.2. The number of hydrogen-bond acceptors (Lipinski definition) is 2. The molecule has 1 aromatic heterocycles. The third-order valence-electron chi connectivity index (χ3n) is 6.82. The van der Waals surface area contributed by atoms with Crippen LogP contribution in [0.3, 0.4) is 0 Å². The van der Waals surface area contributed by atoms with E-state index in [-0.39, 0.29) is 28.3 Å². The summed E-state index contributed by atoms with van der Waals surface area (Å²) in [6.45, 7) is 11.6. The first-order valence-corrected chi connectivity index (χ1v) is 14.2. The fourth-order valence-electron chi connectivity index (χ4n) is 5.30. The molecule has 0 saturated carbocycles. The third-order valence-corrected chi connectivity index (χ3v) is 7.26. The highest BCUT2D eigenvalue weighted by molar-refractivity contribution is 7.80. The van der Waals surface area contributed by atoms with Gasteiger partial charge in [0.05, 0.1) is 11.3 Å². The molecule has 1 N–H and O–H groups in total. The number of halogens is 1. The number of aromatic nitrogens is 1. The van der Waals surface area contributed by atoms with Gasteiger partial charge in [-0.05, 0) is 71.7 Å². The standard InChI is InChI=1S/C34H39FN2OS/c1-23(2)31-30(33(38)36-27-14-10-7-11-15-27)29(24-12-8-6-9-13-24)32(25-16-18-26(35)19-17-25)37(31)21-20-28(39)22-34(3,4)5/h6-19,23,28,39H,20-22H2,1-5H3,(H,36,38)/t28-/m1/s1. The minimum atomic E-state index is -0.287. The number of carbonyl (C=O) groups is 1. The fraction of sp³-hybridized carbons (Fsp3) is 0.324. The third kappa shape index (κ3) is 7.02. The second kappa shape index (κ2) is 12.3. The molecule has 0 radical (unpaired) electrons. The second-order valence-corrected chi connectivity index (χ2v) is 12.4. The number of nitrogens with one attached hydrogen (secondary N) is 1. The normalized spacial score (nSPS) is 12.5. The topological polar surface area (TPSA) is 34.0 Å². The van der Waals surface area contributed by atoms with Gasteiger partial charge in [0.15, 0.2) is 0 Å². The molecular weight excluding hydrogens is 503 g/mol. The largest absolute Gasteiger partial charge is 0.343 e. The summed E-state index contributed by atoms with van der Waals surface area (Å²) >= 11 is 4.94. The molecule has 1 amide bonds. The molecule has 4 rings (SSSR count). The number of rotatable bonds is 9. The van der Waals surface area contributed by atoms with Crippen molar-refractivity contribution in [1.29, 1.82) is 0 Å². The summed E-state index contributed by atoms with van der Waals surface area (Å²) in [6.07, 6.45) is 1.82. The molecule has 0 bridgehead atoms. The summed E-state index contributed by atoms with van der Waals surface area (Å²) in [5, 5.41) is 3.34. The molecule has 0 aliphatic rings. The summed E-state index contributed by atoms with van der Waals surface area (Å²) < 4.78 is 16.3. The monoisotopic (exact) mass is 542 g/mol. The molecule has 0 saturated heterocycles. The van der Waals surface area contributed by atoms with Crippen molar-refractivity contribution in [3.63, 3.8) is 0 Å². The zero-order valence-electron chi connectivity index (χ0n) is 23.5. The van der Waals surface area contributed by atoms with Gasteiger partial charge >= 0.3 is 0 Å². The van der Waals surface area contributed by atoms with Crippen LogP contribution >= 0.6 is 12.6 Å². The fourth-order valence-corrected chi connectivity index (χ4v) is 5.96. The number of amides is 1. The Hall–Kier alpha value is -3.31. The molecule has 1 atom stereocenters. The molecule has 0 fully saturated rings. The molecule has 204 valence electrons. The minimum Gasteiger partial charge on any atom is -0.343 e. The Morgan fingerprint density at radius 1 is 0.897 bits per heavy atom. The van der Waals surface area contributed by atoms with Gasteiger partial charge in [0, 0.05) is 28.7 Å². The first kappa shape index (κ1) is 28.7. The number of hydrogen-bond donors (Lipinski definition) is 2. The molecule has 1 heterocycles. The van der Waals surface area contributed by atoms with Crippen LogP contribution in [0.5, 0.6) is 0 Å². The lowest BCUT2D eigenvalue weighted by Crippen LogP contribution is -2.18. The van der Waals surface area contributed by atoms with Crippen molar-refractivity contribution in [2.45, 2.75) is 65.2 Å². The molecule has 39 heavy (non-hydrogen) atoms. The van der Waals surface area contributed by atoms with E-state index >= 15 is 0 Å². The predicted molar refractivity (Wildman–Crippen MR) is 165 cm³/mol.